The van der Waals surface area contributed by atoms with Crippen LogP contribution in [0.2, 0.25) is 0 Å². The summed E-state index contributed by atoms with van der Waals surface area (Å²) in [6, 6.07) is -0.143. The number of hydrogen-bond acceptors (Lipinski definition) is 7. The van der Waals surface area contributed by atoms with Gasteiger partial charge in [-0.15, -0.1) is 0 Å². The van der Waals surface area contributed by atoms with Gasteiger partial charge in [0.25, 0.3) is 0 Å². The monoisotopic (exact) mass is 403 g/mol. The maximum absolute atomic E-state index is 12.8. The second-order valence-electron chi connectivity index (χ2n) is 8.99. The minimum Gasteiger partial charge on any atom is -0.444 e. The van der Waals surface area contributed by atoms with Crippen molar-refractivity contribution in [2.75, 3.05) is 31.1 Å². The molecule has 1 atom stereocenters. The van der Waals surface area contributed by atoms with Crippen LogP contribution in [0.4, 0.5) is 15.4 Å². The molecule has 0 N–H and O–H groups in total. The normalized spacial score (nSPS) is 21.4. The minimum absolute atomic E-state index is 0.143. The van der Waals surface area contributed by atoms with Gasteiger partial charge in [-0.2, -0.15) is 0 Å². The Hall–Kier alpha value is -2.58. The molecule has 2 fully saturated rings. The first kappa shape index (κ1) is 19.7. The molecule has 1 aromatic rings. The first-order valence-corrected chi connectivity index (χ1v) is 10.2. The van der Waals surface area contributed by atoms with Gasteiger partial charge in [-0.05, 0) is 41.0 Å². The molecule has 0 aliphatic carbocycles. The van der Waals surface area contributed by atoms with Crippen LogP contribution in [0, 0.1) is 6.92 Å². The summed E-state index contributed by atoms with van der Waals surface area (Å²) in [5, 5.41) is 0. The lowest BCUT2D eigenvalue weighted by Crippen LogP contribution is -2.57. The number of ether oxygens (including phenoxy) is 2. The van der Waals surface area contributed by atoms with E-state index in [9.17, 15) is 9.59 Å². The van der Waals surface area contributed by atoms with E-state index >= 15 is 0 Å². The molecule has 0 bridgehead atoms. The Labute approximate surface area is 171 Å². The number of carbonyl (C=O) groups is 2. The molecule has 2 amide bonds. The molecule has 158 valence electrons. The van der Waals surface area contributed by atoms with Gasteiger partial charge in [-0.3, -0.25) is 4.90 Å². The molecule has 0 radical (unpaired) electrons. The quantitative estimate of drug-likeness (QED) is 0.750. The highest BCUT2D eigenvalue weighted by atomic mass is 16.6. The summed E-state index contributed by atoms with van der Waals surface area (Å²) in [4.78, 5) is 39.5. The highest BCUT2D eigenvalue weighted by molar-refractivity contribution is 5.72. The van der Waals surface area contributed by atoms with Crippen LogP contribution in [0.5, 0.6) is 0 Å². The number of likely N-dealkylation sites (tertiary alicyclic amines) is 1. The van der Waals surface area contributed by atoms with Crippen LogP contribution in [0.1, 0.15) is 57.2 Å². The number of anilines is 1. The Bertz CT molecular complexity index is 827. The molecule has 29 heavy (non-hydrogen) atoms. The number of nitrogens with zero attached hydrogens (tertiary/aromatic N) is 5. The predicted molar refractivity (Wildman–Crippen MR) is 106 cm³/mol. The Morgan fingerprint density at radius 3 is 2.38 bits per heavy atom. The van der Waals surface area contributed by atoms with Gasteiger partial charge in [0.1, 0.15) is 23.3 Å². The molecule has 3 aliphatic heterocycles. The number of hydrogen-bond donors (Lipinski definition) is 0. The van der Waals surface area contributed by atoms with Crippen molar-refractivity contribution in [2.24, 2.45) is 0 Å². The van der Waals surface area contributed by atoms with Crippen molar-refractivity contribution in [3.8, 4) is 0 Å². The zero-order valence-electron chi connectivity index (χ0n) is 17.8. The van der Waals surface area contributed by atoms with Crippen molar-refractivity contribution < 1.29 is 19.1 Å². The number of rotatable bonds is 2. The maximum Gasteiger partial charge on any atom is 0.411 e. The molecule has 4 heterocycles. The van der Waals surface area contributed by atoms with Gasteiger partial charge in [-0.25, -0.2) is 19.6 Å². The third kappa shape index (κ3) is 3.82. The summed E-state index contributed by atoms with van der Waals surface area (Å²) in [5.74, 6) is 1.67. The molecule has 3 aliphatic rings. The number of fused-ring (bicyclic) bond motifs is 1. The lowest BCUT2D eigenvalue weighted by Gasteiger charge is -2.39. The lowest BCUT2D eigenvalue weighted by molar-refractivity contribution is -0.0454. The molecular weight excluding hydrogens is 374 g/mol. The van der Waals surface area contributed by atoms with Crippen molar-refractivity contribution in [3.63, 3.8) is 0 Å². The highest BCUT2D eigenvalue weighted by Gasteiger charge is 2.41. The average molecular weight is 403 g/mol. The van der Waals surface area contributed by atoms with Gasteiger partial charge in [-0.1, -0.05) is 0 Å². The third-order valence-electron chi connectivity index (χ3n) is 5.48. The molecule has 0 saturated carbocycles. The van der Waals surface area contributed by atoms with Gasteiger partial charge in [0.05, 0.1) is 31.4 Å². The molecule has 2 saturated heterocycles. The van der Waals surface area contributed by atoms with E-state index in [0.29, 0.717) is 19.6 Å². The zero-order valence-corrected chi connectivity index (χ0v) is 17.8. The van der Waals surface area contributed by atoms with Crippen molar-refractivity contribution in [3.05, 3.63) is 17.1 Å². The van der Waals surface area contributed by atoms with Crippen LogP contribution in [-0.4, -0.2) is 69.8 Å². The fourth-order valence-electron chi connectivity index (χ4n) is 3.82. The first-order chi connectivity index (χ1) is 13.6. The van der Waals surface area contributed by atoms with Crippen LogP contribution in [-0.2, 0) is 16.0 Å². The fourth-order valence-corrected chi connectivity index (χ4v) is 3.82. The molecule has 0 spiro atoms. The molecule has 9 nitrogen and oxygen atoms in total. The van der Waals surface area contributed by atoms with Gasteiger partial charge in [0, 0.05) is 18.7 Å². The topological polar surface area (TPSA) is 88.1 Å². The number of aromatic nitrogens is 2. The number of aryl methyl sites for hydroxylation is 1. The van der Waals surface area contributed by atoms with Crippen LogP contribution in [0.3, 0.4) is 0 Å². The van der Waals surface area contributed by atoms with E-state index in [1.807, 2.05) is 34.6 Å². The van der Waals surface area contributed by atoms with Crippen LogP contribution in [0.25, 0.3) is 0 Å². The minimum atomic E-state index is -0.539. The lowest BCUT2D eigenvalue weighted by atomic mass is 10.1. The molecule has 0 aromatic carbocycles. The Morgan fingerprint density at radius 1 is 1.10 bits per heavy atom. The van der Waals surface area contributed by atoms with Crippen molar-refractivity contribution in [2.45, 2.75) is 65.3 Å². The van der Waals surface area contributed by atoms with Crippen molar-refractivity contribution in [1.82, 2.24) is 19.8 Å². The summed E-state index contributed by atoms with van der Waals surface area (Å²) in [7, 11) is 0. The maximum atomic E-state index is 12.8. The van der Waals surface area contributed by atoms with Gasteiger partial charge in [0.15, 0.2) is 0 Å². The SMILES string of the molecule is Cc1nc2c(c(N3CCC3)n1)[C@@H](C)N(C(=O)OC1CN(C(=O)OC(C)(C)C)C1)C2. The summed E-state index contributed by atoms with van der Waals surface area (Å²) in [6.07, 6.45) is 0.0928. The molecular formula is C20H29N5O4. The van der Waals surface area contributed by atoms with E-state index in [2.05, 4.69) is 14.9 Å². The molecule has 1 aromatic heterocycles. The van der Waals surface area contributed by atoms with E-state index in [1.165, 1.54) is 0 Å². The number of carbonyl (C=O) groups excluding carboxylic acids is 2. The van der Waals surface area contributed by atoms with Gasteiger partial charge < -0.3 is 19.3 Å². The summed E-state index contributed by atoms with van der Waals surface area (Å²) >= 11 is 0. The first-order valence-electron chi connectivity index (χ1n) is 10.2. The molecule has 4 rings (SSSR count). The summed E-state index contributed by atoms with van der Waals surface area (Å²) < 4.78 is 11.0. The third-order valence-corrected chi connectivity index (χ3v) is 5.48. The fraction of sp³-hybridized carbons (Fsp3) is 0.700. The molecule has 9 heteroatoms. The average Bonchev–Trinajstić information content (AvgIpc) is 2.83. The Kier molecular flexibility index (Phi) is 4.78. The standard InChI is InChI=1S/C20H29N5O4/c1-12-16-15(21-13(2)22-17(16)23-7-6-8-23)11-25(12)19(27)28-14-9-24(10-14)18(26)29-20(3,4)5/h12,14H,6-11H2,1-5H3/t12-/m1/s1. The zero-order chi connectivity index (χ0) is 20.9. The summed E-state index contributed by atoms with van der Waals surface area (Å²) in [5.41, 5.74) is 1.38. The van der Waals surface area contributed by atoms with E-state index in [1.54, 1.807) is 9.80 Å². The summed E-state index contributed by atoms with van der Waals surface area (Å²) in [6.45, 7) is 12.5. The molecule has 0 unspecified atom stereocenters. The van der Waals surface area contributed by atoms with Crippen molar-refractivity contribution >= 4 is 18.0 Å². The van der Waals surface area contributed by atoms with Crippen LogP contribution >= 0.6 is 0 Å². The second kappa shape index (κ2) is 7.03. The second-order valence-corrected chi connectivity index (χ2v) is 8.99. The van der Waals surface area contributed by atoms with Crippen LogP contribution in [0.15, 0.2) is 0 Å². The largest absolute Gasteiger partial charge is 0.444 e. The van der Waals surface area contributed by atoms with E-state index in [4.69, 9.17) is 9.47 Å². The smallest absolute Gasteiger partial charge is 0.411 e. The van der Waals surface area contributed by atoms with Gasteiger partial charge in [0.2, 0.25) is 0 Å². The van der Waals surface area contributed by atoms with E-state index < -0.39 is 5.60 Å². The van der Waals surface area contributed by atoms with E-state index in [-0.39, 0.29) is 24.3 Å². The highest BCUT2D eigenvalue weighted by Crippen LogP contribution is 2.39. The van der Waals surface area contributed by atoms with Crippen LogP contribution < -0.4 is 4.90 Å². The Balaban J connectivity index is 1.37. The predicted octanol–water partition coefficient (Wildman–Crippen LogP) is 2.63. The van der Waals surface area contributed by atoms with Crippen molar-refractivity contribution in [1.29, 1.82) is 0 Å². The van der Waals surface area contributed by atoms with Gasteiger partial charge >= 0.3 is 12.2 Å². The number of amides is 2. The Morgan fingerprint density at radius 2 is 1.79 bits per heavy atom. The van der Waals surface area contributed by atoms with E-state index in [0.717, 1.165) is 42.4 Å².